The van der Waals surface area contributed by atoms with Crippen molar-refractivity contribution in [3.8, 4) is 17.6 Å². The van der Waals surface area contributed by atoms with E-state index in [2.05, 4.69) is 69.5 Å². The van der Waals surface area contributed by atoms with E-state index >= 15 is 0 Å². The molecule has 4 amide bonds. The number of hydrogen-bond donors (Lipinski definition) is 3. The fourth-order valence-corrected chi connectivity index (χ4v) is 8.07. The third kappa shape index (κ3) is 8.42. The quantitative estimate of drug-likeness (QED) is 0.181. The van der Waals surface area contributed by atoms with Gasteiger partial charge in [0.05, 0.1) is 29.0 Å². The number of benzene rings is 1. The number of anilines is 1. The maximum Gasteiger partial charge on any atom is 0.270 e. The number of piperazine rings is 1. The van der Waals surface area contributed by atoms with Crippen molar-refractivity contribution >= 4 is 41.0 Å². The van der Waals surface area contributed by atoms with Gasteiger partial charge < -0.3 is 25.0 Å². The second kappa shape index (κ2) is 16.0. The summed E-state index contributed by atoms with van der Waals surface area (Å²) in [7, 11) is 0. The summed E-state index contributed by atoms with van der Waals surface area (Å²) in [6.07, 6.45) is 4.17. The fraction of sp³-hybridized carbons (Fsp3) is 0.462. The molecule has 4 heterocycles. The Labute approximate surface area is 319 Å². The first-order chi connectivity index (χ1) is 25.8. The third-order valence-electron chi connectivity index (χ3n) is 10.5. The molecule has 1 aliphatic carbocycles. The van der Waals surface area contributed by atoms with Crippen molar-refractivity contribution in [3.63, 3.8) is 0 Å². The Bertz CT molecular complexity index is 1910. The van der Waals surface area contributed by atoms with Gasteiger partial charge in [-0.2, -0.15) is 5.26 Å². The number of carbonyl (C=O) groups is 4. The third-order valence-corrected chi connectivity index (χ3v) is 10.8. The van der Waals surface area contributed by atoms with Crippen LogP contribution in [-0.4, -0.2) is 96.0 Å². The highest BCUT2D eigenvalue weighted by atomic mass is 35.5. The van der Waals surface area contributed by atoms with E-state index in [9.17, 15) is 24.4 Å². The number of nitriles is 1. The second-order valence-corrected chi connectivity index (χ2v) is 15.5. The first-order valence-electron chi connectivity index (χ1n) is 18.1. The van der Waals surface area contributed by atoms with Crippen LogP contribution in [-0.2, 0) is 9.59 Å². The van der Waals surface area contributed by atoms with E-state index in [1.165, 1.54) is 6.20 Å². The molecule has 0 radical (unpaired) electrons. The van der Waals surface area contributed by atoms with Crippen molar-refractivity contribution in [3.05, 3.63) is 76.7 Å². The maximum absolute atomic E-state index is 13.4. The summed E-state index contributed by atoms with van der Waals surface area (Å²) in [5.41, 5.74) is 0.301. The molecule has 2 aliphatic heterocycles. The monoisotopic (exact) mass is 756 g/mol. The minimum absolute atomic E-state index is 0.154. The highest BCUT2D eigenvalue weighted by Gasteiger charge is 2.64. The first-order valence-corrected chi connectivity index (χ1v) is 18.5. The number of rotatable bonds is 12. The number of halogens is 1. The lowest BCUT2D eigenvalue weighted by Gasteiger charge is -2.63. The summed E-state index contributed by atoms with van der Waals surface area (Å²) in [6.45, 7) is 13.0. The Morgan fingerprint density at radius 3 is 2.33 bits per heavy atom. The van der Waals surface area contributed by atoms with Crippen LogP contribution in [0.2, 0.25) is 5.02 Å². The molecule has 6 rings (SSSR count). The molecule has 284 valence electrons. The molecule has 1 unspecified atom stereocenters. The average Bonchev–Trinajstić information content (AvgIpc) is 3.16. The van der Waals surface area contributed by atoms with Crippen LogP contribution in [0.25, 0.3) is 0 Å². The highest BCUT2D eigenvalue weighted by Crippen LogP contribution is 2.55. The lowest BCUT2D eigenvalue weighted by Crippen LogP contribution is -2.74. The molecular weight excluding hydrogens is 712 g/mol. The van der Waals surface area contributed by atoms with Crippen LogP contribution in [0.15, 0.2) is 54.9 Å². The zero-order chi connectivity index (χ0) is 38.6. The molecule has 15 heteroatoms. The van der Waals surface area contributed by atoms with Crippen LogP contribution >= 0.6 is 11.6 Å². The van der Waals surface area contributed by atoms with Crippen LogP contribution < -0.4 is 30.3 Å². The van der Waals surface area contributed by atoms with Gasteiger partial charge in [0.15, 0.2) is 0 Å². The van der Waals surface area contributed by atoms with Crippen LogP contribution in [0.5, 0.6) is 11.5 Å². The maximum atomic E-state index is 13.4. The van der Waals surface area contributed by atoms with Crippen LogP contribution in [0.1, 0.15) is 73.4 Å². The first kappa shape index (κ1) is 38.5. The highest BCUT2D eigenvalue weighted by molar-refractivity contribution is 6.31. The predicted molar refractivity (Wildman–Crippen MR) is 200 cm³/mol. The summed E-state index contributed by atoms with van der Waals surface area (Å²) < 4.78 is 12.2. The van der Waals surface area contributed by atoms with E-state index in [-0.39, 0.29) is 53.3 Å². The topological polar surface area (TPSA) is 179 Å². The molecule has 1 saturated carbocycles. The van der Waals surface area contributed by atoms with Gasteiger partial charge in [0.25, 0.3) is 11.8 Å². The van der Waals surface area contributed by atoms with Gasteiger partial charge >= 0.3 is 0 Å². The number of amides is 4. The predicted octanol–water partition coefficient (Wildman–Crippen LogP) is 3.74. The molecule has 3 fully saturated rings. The van der Waals surface area contributed by atoms with Gasteiger partial charge in [0, 0.05) is 68.3 Å². The Hall–Kier alpha value is -5.26. The molecule has 2 saturated heterocycles. The molecule has 3 N–H and O–H groups in total. The number of carbonyl (C=O) groups excluding carboxylic acids is 4. The van der Waals surface area contributed by atoms with Crippen LogP contribution in [0.3, 0.4) is 0 Å². The van der Waals surface area contributed by atoms with E-state index in [0.29, 0.717) is 34.3 Å². The minimum Gasteiger partial charge on any atom is -0.492 e. The minimum atomic E-state index is -0.760. The second-order valence-electron chi connectivity index (χ2n) is 15.1. The average molecular weight is 757 g/mol. The lowest BCUT2D eigenvalue weighted by molar-refractivity contribution is -0.164. The largest absolute Gasteiger partial charge is 0.492 e. The molecule has 3 aliphatic rings. The van der Waals surface area contributed by atoms with E-state index in [0.717, 1.165) is 45.0 Å². The van der Waals surface area contributed by atoms with Crippen molar-refractivity contribution < 1.29 is 28.7 Å². The van der Waals surface area contributed by atoms with E-state index in [1.54, 1.807) is 36.5 Å². The van der Waals surface area contributed by atoms with E-state index in [1.807, 2.05) is 12.1 Å². The summed E-state index contributed by atoms with van der Waals surface area (Å²) in [6, 6.07) is 13.1. The summed E-state index contributed by atoms with van der Waals surface area (Å²) in [4.78, 5) is 62.5. The van der Waals surface area contributed by atoms with Gasteiger partial charge in [-0.15, -0.1) is 0 Å². The van der Waals surface area contributed by atoms with Gasteiger partial charge in [-0.25, -0.2) is 9.97 Å². The molecular formula is C39H45ClN8O6. The number of ether oxygens (including phenoxy) is 2. The summed E-state index contributed by atoms with van der Waals surface area (Å²) >= 11 is 6.23. The zero-order valence-corrected chi connectivity index (χ0v) is 31.6. The summed E-state index contributed by atoms with van der Waals surface area (Å²) in [5, 5.41) is 17.6. The van der Waals surface area contributed by atoms with E-state index in [4.69, 9.17) is 21.1 Å². The summed E-state index contributed by atoms with van der Waals surface area (Å²) in [5.74, 6) is 0.432. The number of imide groups is 1. The number of hydrogen-bond acceptors (Lipinski definition) is 11. The number of nitrogens with one attached hydrogen (secondary N) is 3. The smallest absolute Gasteiger partial charge is 0.270 e. The normalized spacial score (nSPS) is 21.9. The van der Waals surface area contributed by atoms with Gasteiger partial charge in [-0.3, -0.25) is 29.4 Å². The molecule has 0 bridgehead atoms. The van der Waals surface area contributed by atoms with Crippen molar-refractivity contribution in [1.82, 2.24) is 30.8 Å². The van der Waals surface area contributed by atoms with E-state index < -0.39 is 17.9 Å². The fourth-order valence-electron chi connectivity index (χ4n) is 7.86. The molecule has 14 nitrogen and oxygen atoms in total. The van der Waals surface area contributed by atoms with Gasteiger partial charge in [-0.1, -0.05) is 39.3 Å². The Morgan fingerprint density at radius 2 is 1.70 bits per heavy atom. The number of aromatic nitrogens is 2. The van der Waals surface area contributed by atoms with Crippen molar-refractivity contribution in [1.29, 1.82) is 5.26 Å². The molecule has 3 aromatic rings. The SMILES string of the molecule is CC1(C)C(NC(=O)c2ccc(N3CCN(CCCOc4ccc(C(=O)NC5CCC(=O)NC5=O)nc4)CC3)nc2)C(C)(C)C1Oc1ccc(C#N)c(Cl)c1. The van der Waals surface area contributed by atoms with Gasteiger partial charge in [0.1, 0.15) is 41.2 Å². The number of pyridine rings is 2. The van der Waals surface area contributed by atoms with Crippen molar-refractivity contribution in [2.45, 2.75) is 65.1 Å². The Balaban J connectivity index is 0.903. The van der Waals surface area contributed by atoms with Crippen molar-refractivity contribution in [2.24, 2.45) is 10.8 Å². The van der Waals surface area contributed by atoms with Gasteiger partial charge in [-0.05, 0) is 49.2 Å². The molecule has 1 atom stereocenters. The standard InChI is InChI=1S/C39H45ClN8O6/c1-38(2)36(39(3,4)37(38)54-26-8-6-24(21-41)28(40)20-26)46-33(50)25-7-12-31(43-22-25)48-17-15-47(16-18-48)14-5-19-53-27-9-10-29(42-23-27)34(51)44-30-11-13-32(49)45-35(30)52/h6-10,12,20,22-23,30,36-37H,5,11,13-19H2,1-4H3,(H,44,51)(H,46,50)(H,45,49,52). The molecule has 1 aromatic carbocycles. The molecule has 2 aromatic heterocycles. The van der Waals surface area contributed by atoms with Crippen LogP contribution in [0.4, 0.5) is 5.82 Å². The lowest BCUT2D eigenvalue weighted by atomic mass is 9.49. The Kier molecular flexibility index (Phi) is 11.4. The van der Waals surface area contributed by atoms with Gasteiger partial charge in [0.2, 0.25) is 11.8 Å². The van der Waals surface area contributed by atoms with Crippen LogP contribution in [0, 0.1) is 22.2 Å². The molecule has 0 spiro atoms. The Morgan fingerprint density at radius 1 is 0.963 bits per heavy atom. The number of piperidine rings is 1. The van der Waals surface area contributed by atoms with Crippen molar-refractivity contribution in [2.75, 3.05) is 44.2 Å². The number of nitrogens with zero attached hydrogens (tertiary/aromatic N) is 5. The zero-order valence-electron chi connectivity index (χ0n) is 30.9. The molecule has 54 heavy (non-hydrogen) atoms.